The lowest BCUT2D eigenvalue weighted by atomic mass is 9.77. The van der Waals surface area contributed by atoms with E-state index in [1.165, 1.54) is 0 Å². The van der Waals surface area contributed by atoms with Gasteiger partial charge in [-0.2, -0.15) is 5.10 Å². The normalized spacial score (nSPS) is 20.4. The molecule has 0 radical (unpaired) electrons. The topological polar surface area (TPSA) is 72.1 Å². The summed E-state index contributed by atoms with van der Waals surface area (Å²) in [7, 11) is 1.54. The van der Waals surface area contributed by atoms with Crippen LogP contribution in [0.2, 0.25) is 0 Å². The molecule has 0 amide bonds. The van der Waals surface area contributed by atoms with Gasteiger partial charge in [-0.1, -0.05) is 6.08 Å². The third-order valence-electron chi connectivity index (χ3n) is 4.60. The van der Waals surface area contributed by atoms with Crippen LogP contribution in [0.4, 0.5) is 0 Å². The zero-order chi connectivity index (χ0) is 16.7. The van der Waals surface area contributed by atoms with Gasteiger partial charge in [0.25, 0.3) is 0 Å². The Labute approximate surface area is 136 Å². The summed E-state index contributed by atoms with van der Waals surface area (Å²) in [5, 5.41) is 10.1. The second-order valence-corrected chi connectivity index (χ2v) is 6.91. The molecule has 6 nitrogen and oxygen atoms in total. The fourth-order valence-corrected chi connectivity index (χ4v) is 2.54. The van der Waals surface area contributed by atoms with Crippen LogP contribution < -0.4 is 5.32 Å². The maximum Gasteiger partial charge on any atom is 0.491 e. The summed E-state index contributed by atoms with van der Waals surface area (Å²) >= 11 is 0. The van der Waals surface area contributed by atoms with Gasteiger partial charge in [0, 0.05) is 12.7 Å². The molecular weight excluding hydrogens is 291 g/mol. The van der Waals surface area contributed by atoms with Gasteiger partial charge in [0.15, 0.2) is 0 Å². The average Bonchev–Trinajstić information content (AvgIpc) is 3.00. The third kappa shape index (κ3) is 3.04. The number of hydrogen-bond donors (Lipinski definition) is 2. The maximum absolute atomic E-state index is 6.15. The van der Waals surface area contributed by atoms with Crippen molar-refractivity contribution in [1.29, 1.82) is 0 Å². The highest BCUT2D eigenvalue weighted by Crippen LogP contribution is 2.38. The van der Waals surface area contributed by atoms with Crippen LogP contribution in [0.25, 0.3) is 17.1 Å². The van der Waals surface area contributed by atoms with Crippen molar-refractivity contribution in [2.45, 2.75) is 38.9 Å². The molecule has 0 atom stereocenters. The smallest absolute Gasteiger partial charge is 0.400 e. The van der Waals surface area contributed by atoms with Gasteiger partial charge in [0.05, 0.1) is 22.9 Å². The molecule has 2 aromatic heterocycles. The molecule has 3 heterocycles. The number of hydrogen-bond acceptors (Lipinski definition) is 5. The van der Waals surface area contributed by atoms with Gasteiger partial charge in [0.2, 0.25) is 0 Å². The Morgan fingerprint density at radius 1 is 1.26 bits per heavy atom. The average molecular weight is 314 g/mol. The third-order valence-corrected chi connectivity index (χ3v) is 4.60. The minimum absolute atomic E-state index is 0.351. The Kier molecular flexibility index (Phi) is 4.04. The molecule has 0 aliphatic carbocycles. The standard InChI is InChI=1S/C16H23BN4O2/c1-15(2)16(3,4)23-17(22-15)12(9-18-5)6-11-7-13-14(19-8-11)10-20-21-13/h6-8,10,18H,9H2,1-5H3,(H,20,21). The number of pyridine rings is 1. The van der Waals surface area contributed by atoms with Crippen molar-refractivity contribution in [3.63, 3.8) is 0 Å². The number of nitrogens with zero attached hydrogens (tertiary/aromatic N) is 2. The van der Waals surface area contributed by atoms with Gasteiger partial charge in [-0.3, -0.25) is 10.1 Å². The number of likely N-dealkylation sites (N-methyl/N-ethyl adjacent to an activating group) is 1. The predicted octanol–water partition coefficient (Wildman–Crippen LogP) is 2.19. The Morgan fingerprint density at radius 2 is 1.96 bits per heavy atom. The molecule has 1 aliphatic heterocycles. The van der Waals surface area contributed by atoms with Gasteiger partial charge in [-0.15, -0.1) is 0 Å². The second-order valence-electron chi connectivity index (χ2n) is 6.91. The van der Waals surface area contributed by atoms with Crippen LogP contribution >= 0.6 is 0 Å². The first-order valence-corrected chi connectivity index (χ1v) is 7.82. The van der Waals surface area contributed by atoms with Crippen molar-refractivity contribution >= 4 is 24.2 Å². The molecule has 0 aromatic carbocycles. The Balaban J connectivity index is 1.92. The van der Waals surface area contributed by atoms with Crippen LogP contribution in [-0.4, -0.2) is 47.1 Å². The van der Waals surface area contributed by atoms with E-state index in [0.717, 1.165) is 22.1 Å². The van der Waals surface area contributed by atoms with Crippen molar-refractivity contribution in [2.24, 2.45) is 0 Å². The Hall–Kier alpha value is -1.70. The first-order chi connectivity index (χ1) is 10.8. The molecule has 0 spiro atoms. The molecule has 122 valence electrons. The molecule has 0 bridgehead atoms. The fraction of sp³-hybridized carbons (Fsp3) is 0.500. The monoisotopic (exact) mass is 314 g/mol. The number of aromatic nitrogens is 3. The summed E-state index contributed by atoms with van der Waals surface area (Å²) in [6, 6.07) is 2.02. The number of fused-ring (bicyclic) bond motifs is 1. The number of H-pyrrole nitrogens is 1. The zero-order valence-electron chi connectivity index (χ0n) is 14.3. The van der Waals surface area contributed by atoms with Crippen molar-refractivity contribution in [1.82, 2.24) is 20.5 Å². The first-order valence-electron chi connectivity index (χ1n) is 7.82. The summed E-state index contributed by atoms with van der Waals surface area (Å²) in [6.07, 6.45) is 5.61. The zero-order valence-corrected chi connectivity index (χ0v) is 14.3. The van der Waals surface area contributed by atoms with E-state index < -0.39 is 0 Å². The Bertz CT molecular complexity index is 723. The Morgan fingerprint density at radius 3 is 2.61 bits per heavy atom. The molecular formula is C16H23BN4O2. The van der Waals surface area contributed by atoms with Crippen molar-refractivity contribution in [3.8, 4) is 0 Å². The molecule has 1 fully saturated rings. The van der Waals surface area contributed by atoms with E-state index in [9.17, 15) is 0 Å². The largest absolute Gasteiger partial charge is 0.491 e. The van der Waals surface area contributed by atoms with E-state index in [-0.39, 0.29) is 18.3 Å². The van der Waals surface area contributed by atoms with E-state index in [4.69, 9.17) is 9.31 Å². The van der Waals surface area contributed by atoms with Crippen LogP contribution in [0.1, 0.15) is 33.3 Å². The quantitative estimate of drug-likeness (QED) is 0.847. The van der Waals surface area contributed by atoms with E-state index in [1.807, 2.05) is 19.3 Å². The molecule has 7 heteroatoms. The van der Waals surface area contributed by atoms with E-state index in [0.29, 0.717) is 6.54 Å². The van der Waals surface area contributed by atoms with Crippen molar-refractivity contribution in [2.75, 3.05) is 13.6 Å². The molecule has 1 aliphatic rings. The van der Waals surface area contributed by atoms with Crippen molar-refractivity contribution in [3.05, 3.63) is 29.5 Å². The van der Waals surface area contributed by atoms with Gasteiger partial charge < -0.3 is 14.6 Å². The molecule has 23 heavy (non-hydrogen) atoms. The lowest BCUT2D eigenvalue weighted by Crippen LogP contribution is -2.41. The summed E-state index contributed by atoms with van der Waals surface area (Å²) in [5.74, 6) is 0. The molecule has 2 aromatic rings. The fourth-order valence-electron chi connectivity index (χ4n) is 2.54. The van der Waals surface area contributed by atoms with Crippen LogP contribution in [0.5, 0.6) is 0 Å². The number of aromatic amines is 1. The summed E-state index contributed by atoms with van der Waals surface area (Å²) in [5.41, 5.74) is 3.09. The SMILES string of the molecule is CNCC(=Cc1cnc2cn[nH]c2c1)B1OC(C)(C)C(C)(C)O1. The van der Waals surface area contributed by atoms with Gasteiger partial charge >= 0.3 is 7.12 Å². The van der Waals surface area contributed by atoms with Crippen LogP contribution in [-0.2, 0) is 9.31 Å². The molecule has 1 saturated heterocycles. The number of nitrogens with one attached hydrogen (secondary N) is 2. The predicted molar refractivity (Wildman–Crippen MR) is 91.9 cm³/mol. The van der Waals surface area contributed by atoms with Crippen molar-refractivity contribution < 1.29 is 9.31 Å². The first kappa shape index (κ1) is 16.2. The summed E-state index contributed by atoms with van der Waals surface area (Å²) < 4.78 is 12.3. The molecule has 2 N–H and O–H groups in total. The van der Waals surface area contributed by atoms with E-state index in [2.05, 4.69) is 54.3 Å². The van der Waals surface area contributed by atoms with Crippen LogP contribution in [0, 0.1) is 0 Å². The molecule has 0 saturated carbocycles. The molecule has 0 unspecified atom stereocenters. The highest BCUT2D eigenvalue weighted by atomic mass is 16.7. The highest BCUT2D eigenvalue weighted by molar-refractivity contribution is 6.55. The minimum atomic E-state index is -0.370. The van der Waals surface area contributed by atoms with E-state index >= 15 is 0 Å². The van der Waals surface area contributed by atoms with Crippen LogP contribution in [0.15, 0.2) is 23.9 Å². The highest BCUT2D eigenvalue weighted by Gasteiger charge is 2.52. The summed E-state index contributed by atoms with van der Waals surface area (Å²) in [6.45, 7) is 8.91. The van der Waals surface area contributed by atoms with Gasteiger partial charge in [0.1, 0.15) is 5.52 Å². The van der Waals surface area contributed by atoms with Gasteiger partial charge in [-0.25, -0.2) is 0 Å². The minimum Gasteiger partial charge on any atom is -0.400 e. The van der Waals surface area contributed by atoms with E-state index in [1.54, 1.807) is 6.20 Å². The second kappa shape index (κ2) is 5.74. The lowest BCUT2D eigenvalue weighted by molar-refractivity contribution is 0.00578. The lowest BCUT2D eigenvalue weighted by Gasteiger charge is -2.32. The number of rotatable bonds is 4. The maximum atomic E-state index is 6.15. The summed E-state index contributed by atoms with van der Waals surface area (Å²) in [4.78, 5) is 4.40. The van der Waals surface area contributed by atoms with Crippen LogP contribution in [0.3, 0.4) is 0 Å². The molecule has 3 rings (SSSR count). The van der Waals surface area contributed by atoms with Gasteiger partial charge in [-0.05, 0) is 51.8 Å².